The van der Waals surface area contributed by atoms with Crippen LogP contribution in [-0.4, -0.2) is 18.5 Å². The van der Waals surface area contributed by atoms with Crippen LogP contribution < -0.4 is 10.6 Å². The number of aryl methyl sites for hydroxylation is 1. The highest BCUT2D eigenvalue weighted by Crippen LogP contribution is 2.23. The highest BCUT2D eigenvalue weighted by molar-refractivity contribution is 5.80. The summed E-state index contributed by atoms with van der Waals surface area (Å²) in [7, 11) is 0. The SMILES string of the molecule is CCCc1ccc(NCC(=O)NC2CCC(C)CC2)cc1. The van der Waals surface area contributed by atoms with Gasteiger partial charge in [-0.15, -0.1) is 0 Å². The molecule has 1 aliphatic rings. The van der Waals surface area contributed by atoms with E-state index in [0.717, 1.165) is 37.3 Å². The molecule has 116 valence electrons. The van der Waals surface area contributed by atoms with E-state index in [9.17, 15) is 4.79 Å². The maximum atomic E-state index is 12.0. The Morgan fingerprint density at radius 1 is 1.14 bits per heavy atom. The predicted molar refractivity (Wildman–Crippen MR) is 88.5 cm³/mol. The summed E-state index contributed by atoms with van der Waals surface area (Å²) in [4.78, 5) is 12.0. The van der Waals surface area contributed by atoms with E-state index in [1.165, 1.54) is 18.4 Å². The minimum atomic E-state index is 0.104. The molecule has 1 amide bonds. The van der Waals surface area contributed by atoms with E-state index in [2.05, 4.69) is 48.7 Å². The van der Waals surface area contributed by atoms with E-state index in [4.69, 9.17) is 0 Å². The van der Waals surface area contributed by atoms with E-state index >= 15 is 0 Å². The third kappa shape index (κ3) is 5.41. The second-order valence-corrected chi connectivity index (χ2v) is 6.32. The zero-order chi connectivity index (χ0) is 15.1. The summed E-state index contributed by atoms with van der Waals surface area (Å²) in [6.45, 7) is 4.84. The quantitative estimate of drug-likeness (QED) is 0.837. The zero-order valence-electron chi connectivity index (χ0n) is 13.3. The summed E-state index contributed by atoms with van der Waals surface area (Å²) >= 11 is 0. The molecule has 0 aliphatic heterocycles. The second-order valence-electron chi connectivity index (χ2n) is 6.32. The number of hydrogen-bond acceptors (Lipinski definition) is 2. The first-order chi connectivity index (χ1) is 10.2. The lowest BCUT2D eigenvalue weighted by Gasteiger charge is -2.27. The van der Waals surface area contributed by atoms with Crippen molar-refractivity contribution in [3.63, 3.8) is 0 Å². The summed E-state index contributed by atoms with van der Waals surface area (Å²) in [6, 6.07) is 8.75. The molecule has 1 saturated carbocycles. The average molecular weight is 288 g/mol. The lowest BCUT2D eigenvalue weighted by molar-refractivity contribution is -0.120. The topological polar surface area (TPSA) is 41.1 Å². The second kappa shape index (κ2) is 8.06. The van der Waals surface area contributed by atoms with Gasteiger partial charge in [0.1, 0.15) is 0 Å². The molecular weight excluding hydrogens is 260 g/mol. The summed E-state index contributed by atoms with van der Waals surface area (Å²) < 4.78 is 0. The molecule has 0 heterocycles. The van der Waals surface area contributed by atoms with Crippen LogP contribution in [-0.2, 0) is 11.2 Å². The maximum Gasteiger partial charge on any atom is 0.239 e. The van der Waals surface area contributed by atoms with E-state index in [0.29, 0.717) is 12.6 Å². The average Bonchev–Trinajstić information content (AvgIpc) is 2.49. The van der Waals surface area contributed by atoms with Crippen LogP contribution in [0.5, 0.6) is 0 Å². The van der Waals surface area contributed by atoms with Crippen molar-refractivity contribution in [3.8, 4) is 0 Å². The van der Waals surface area contributed by atoms with Crippen LogP contribution in [0.2, 0.25) is 0 Å². The fourth-order valence-electron chi connectivity index (χ4n) is 2.94. The van der Waals surface area contributed by atoms with Gasteiger partial charge in [0.15, 0.2) is 0 Å². The molecular formula is C18H28N2O. The first-order valence-electron chi connectivity index (χ1n) is 8.29. The molecule has 3 nitrogen and oxygen atoms in total. The van der Waals surface area contributed by atoms with Crippen LogP contribution in [0.1, 0.15) is 51.5 Å². The smallest absolute Gasteiger partial charge is 0.239 e. The molecule has 1 aromatic carbocycles. The lowest BCUT2D eigenvalue weighted by atomic mass is 9.87. The largest absolute Gasteiger partial charge is 0.376 e. The Kier molecular flexibility index (Phi) is 6.09. The first kappa shape index (κ1) is 15.9. The summed E-state index contributed by atoms with van der Waals surface area (Å²) in [5, 5.41) is 6.34. The van der Waals surface area contributed by atoms with Crippen molar-refractivity contribution in [1.29, 1.82) is 0 Å². The van der Waals surface area contributed by atoms with Gasteiger partial charge in [0, 0.05) is 11.7 Å². The number of anilines is 1. The Hall–Kier alpha value is -1.51. The van der Waals surface area contributed by atoms with Crippen molar-refractivity contribution in [3.05, 3.63) is 29.8 Å². The minimum Gasteiger partial charge on any atom is -0.376 e. The van der Waals surface area contributed by atoms with Crippen LogP contribution >= 0.6 is 0 Å². The number of nitrogens with one attached hydrogen (secondary N) is 2. The normalized spacial score (nSPS) is 21.8. The molecule has 0 aromatic heterocycles. The molecule has 2 rings (SSSR count). The maximum absolute atomic E-state index is 12.0. The fraction of sp³-hybridized carbons (Fsp3) is 0.611. The first-order valence-corrected chi connectivity index (χ1v) is 8.29. The van der Waals surface area contributed by atoms with Gasteiger partial charge in [-0.3, -0.25) is 4.79 Å². The Labute approximate surface area is 128 Å². The Bertz CT molecular complexity index is 433. The van der Waals surface area contributed by atoms with Gasteiger partial charge in [-0.05, 0) is 55.7 Å². The van der Waals surface area contributed by atoms with Crippen molar-refractivity contribution in [2.75, 3.05) is 11.9 Å². The molecule has 0 unspecified atom stereocenters. The Balaban J connectivity index is 1.71. The predicted octanol–water partition coefficient (Wildman–Crippen LogP) is 3.75. The molecule has 1 aliphatic carbocycles. The summed E-state index contributed by atoms with van der Waals surface area (Å²) in [5.74, 6) is 0.921. The standard InChI is InChI=1S/C18H28N2O/c1-3-4-15-7-11-16(12-8-15)19-13-18(21)20-17-9-5-14(2)6-10-17/h7-8,11-12,14,17,19H,3-6,9-10,13H2,1-2H3,(H,20,21). The van der Waals surface area contributed by atoms with Crippen molar-refractivity contribution < 1.29 is 4.79 Å². The minimum absolute atomic E-state index is 0.104. The number of carbonyl (C=O) groups excluding carboxylic acids is 1. The third-order valence-electron chi connectivity index (χ3n) is 4.33. The molecule has 21 heavy (non-hydrogen) atoms. The highest BCUT2D eigenvalue weighted by Gasteiger charge is 2.19. The molecule has 0 saturated heterocycles. The fourth-order valence-corrected chi connectivity index (χ4v) is 2.94. The van der Waals surface area contributed by atoms with Crippen LogP contribution in [0.4, 0.5) is 5.69 Å². The van der Waals surface area contributed by atoms with Crippen LogP contribution in [0, 0.1) is 5.92 Å². The van der Waals surface area contributed by atoms with Crippen molar-refractivity contribution >= 4 is 11.6 Å². The lowest BCUT2D eigenvalue weighted by Crippen LogP contribution is -2.40. The molecule has 0 atom stereocenters. The highest BCUT2D eigenvalue weighted by atomic mass is 16.1. The summed E-state index contributed by atoms with van der Waals surface area (Å²) in [6.07, 6.45) is 6.99. The van der Waals surface area contributed by atoms with E-state index in [1.807, 2.05) is 0 Å². The Morgan fingerprint density at radius 2 is 1.81 bits per heavy atom. The van der Waals surface area contributed by atoms with Crippen LogP contribution in [0.15, 0.2) is 24.3 Å². The van der Waals surface area contributed by atoms with Crippen molar-refractivity contribution in [2.45, 2.75) is 58.4 Å². The summed E-state index contributed by atoms with van der Waals surface area (Å²) in [5.41, 5.74) is 2.37. The molecule has 1 fully saturated rings. The molecule has 3 heteroatoms. The van der Waals surface area contributed by atoms with Gasteiger partial charge >= 0.3 is 0 Å². The molecule has 1 aromatic rings. The third-order valence-corrected chi connectivity index (χ3v) is 4.33. The van der Waals surface area contributed by atoms with Crippen LogP contribution in [0.3, 0.4) is 0 Å². The van der Waals surface area contributed by atoms with Gasteiger partial charge in [0.05, 0.1) is 6.54 Å². The molecule has 0 spiro atoms. The van der Waals surface area contributed by atoms with Gasteiger partial charge in [-0.1, -0.05) is 32.4 Å². The van der Waals surface area contributed by atoms with Gasteiger partial charge in [-0.25, -0.2) is 0 Å². The number of carbonyl (C=O) groups is 1. The molecule has 0 bridgehead atoms. The van der Waals surface area contributed by atoms with Gasteiger partial charge < -0.3 is 10.6 Å². The van der Waals surface area contributed by atoms with Crippen molar-refractivity contribution in [2.24, 2.45) is 5.92 Å². The van der Waals surface area contributed by atoms with Gasteiger partial charge in [-0.2, -0.15) is 0 Å². The molecule has 2 N–H and O–H groups in total. The Morgan fingerprint density at radius 3 is 2.43 bits per heavy atom. The van der Waals surface area contributed by atoms with Crippen molar-refractivity contribution in [1.82, 2.24) is 5.32 Å². The van der Waals surface area contributed by atoms with E-state index < -0.39 is 0 Å². The van der Waals surface area contributed by atoms with E-state index in [-0.39, 0.29) is 5.91 Å². The van der Waals surface area contributed by atoms with Crippen LogP contribution in [0.25, 0.3) is 0 Å². The van der Waals surface area contributed by atoms with Gasteiger partial charge in [0.2, 0.25) is 5.91 Å². The number of amides is 1. The molecule has 0 radical (unpaired) electrons. The number of hydrogen-bond donors (Lipinski definition) is 2. The number of rotatable bonds is 6. The number of benzene rings is 1. The van der Waals surface area contributed by atoms with E-state index in [1.54, 1.807) is 0 Å². The monoisotopic (exact) mass is 288 g/mol. The zero-order valence-corrected chi connectivity index (χ0v) is 13.3. The van der Waals surface area contributed by atoms with Gasteiger partial charge in [0.25, 0.3) is 0 Å².